The van der Waals surface area contributed by atoms with Gasteiger partial charge in [-0.1, -0.05) is 166 Å². The minimum absolute atomic E-state index is 0.157. The van der Waals surface area contributed by atoms with E-state index in [-0.39, 0.29) is 5.41 Å². The smallest absolute Gasteiger partial charge is 0.0714 e. The highest BCUT2D eigenvalue weighted by molar-refractivity contribution is 7.26. The van der Waals surface area contributed by atoms with E-state index in [1.807, 2.05) is 11.3 Å². The number of hydrogen-bond acceptors (Lipinski definition) is 1. The van der Waals surface area contributed by atoms with Crippen LogP contribution in [0.25, 0.3) is 69.9 Å². The zero-order valence-corrected chi connectivity index (χ0v) is 30.9. The summed E-state index contributed by atoms with van der Waals surface area (Å²) >= 11 is 1.96. The van der Waals surface area contributed by atoms with Gasteiger partial charge in [0.15, 0.2) is 0 Å². The van der Waals surface area contributed by atoms with Crippen molar-refractivity contribution in [1.82, 2.24) is 4.57 Å². The number of aromatic nitrogens is 1. The molecule has 12 rings (SSSR count). The monoisotopic (exact) mass is 705 g/mol. The van der Waals surface area contributed by atoms with E-state index < -0.39 is 5.41 Å². The van der Waals surface area contributed by atoms with Crippen LogP contribution >= 0.6 is 11.3 Å². The minimum Gasteiger partial charge on any atom is -0.309 e. The van der Waals surface area contributed by atoms with E-state index in [1.54, 1.807) is 0 Å². The zero-order chi connectivity index (χ0) is 35.8. The molecule has 1 nitrogen and oxygen atoms in total. The maximum absolute atomic E-state index is 2.61. The van der Waals surface area contributed by atoms with Gasteiger partial charge in [0.2, 0.25) is 0 Å². The fourth-order valence-corrected chi connectivity index (χ4v) is 11.9. The summed E-state index contributed by atoms with van der Waals surface area (Å²) in [5, 5.41) is 5.38. The second-order valence-corrected chi connectivity index (χ2v) is 16.6. The van der Waals surface area contributed by atoms with Gasteiger partial charge in [-0.2, -0.15) is 0 Å². The van der Waals surface area contributed by atoms with Crippen molar-refractivity contribution in [3.63, 3.8) is 0 Å². The largest absolute Gasteiger partial charge is 0.309 e. The first-order chi connectivity index (χ1) is 26.6. The lowest BCUT2D eigenvalue weighted by atomic mass is 9.67. The van der Waals surface area contributed by atoms with E-state index in [2.05, 4.69) is 194 Å². The summed E-state index contributed by atoms with van der Waals surface area (Å²) < 4.78 is 5.37. The first-order valence-electron chi connectivity index (χ1n) is 18.9. The topological polar surface area (TPSA) is 4.93 Å². The van der Waals surface area contributed by atoms with Crippen LogP contribution in [0.1, 0.15) is 47.2 Å². The van der Waals surface area contributed by atoms with Gasteiger partial charge in [-0.15, -0.1) is 11.3 Å². The van der Waals surface area contributed by atoms with Crippen molar-refractivity contribution in [3.8, 4) is 27.9 Å². The molecule has 0 saturated carbocycles. The van der Waals surface area contributed by atoms with Gasteiger partial charge in [-0.3, -0.25) is 0 Å². The molecule has 8 aromatic carbocycles. The third kappa shape index (κ3) is 3.64. The molecular formula is C52H35NS. The number of fused-ring (bicyclic) bond motifs is 15. The summed E-state index contributed by atoms with van der Waals surface area (Å²) in [6.07, 6.45) is 0. The Bertz CT molecular complexity index is 3140. The molecule has 54 heavy (non-hydrogen) atoms. The van der Waals surface area contributed by atoms with Crippen molar-refractivity contribution in [2.24, 2.45) is 0 Å². The van der Waals surface area contributed by atoms with Crippen LogP contribution in [0.4, 0.5) is 0 Å². The van der Waals surface area contributed by atoms with Gasteiger partial charge in [0.05, 0.1) is 16.4 Å². The van der Waals surface area contributed by atoms with E-state index in [9.17, 15) is 0 Å². The lowest BCUT2D eigenvalue weighted by molar-refractivity contribution is 0.667. The fraction of sp³-hybridized carbons (Fsp3) is 0.0769. The normalized spacial score (nSPS) is 14.8. The summed E-state index contributed by atoms with van der Waals surface area (Å²) in [6.45, 7) is 4.86. The van der Waals surface area contributed by atoms with Crippen LogP contribution in [-0.4, -0.2) is 4.57 Å². The predicted octanol–water partition coefficient (Wildman–Crippen LogP) is 13.8. The Labute approximate surface area is 318 Å². The number of hydrogen-bond donors (Lipinski definition) is 0. The molecule has 0 atom stereocenters. The first-order valence-corrected chi connectivity index (χ1v) is 19.8. The standard InChI is InChI=1S/C52H35NS/c1-51(2)40-25-13-10-22-37(40)47-48(51)50-46(39-24-12-16-28-44(39)54-50)45-38-23-11-15-27-43(38)53(49(45)47)34-29-30-36-35-21-9-14-26-41(35)52(42(36)31-34,32-17-5-3-6-18-32)33-19-7-4-8-20-33/h3-31H,1-2H3. The molecule has 10 aromatic rings. The highest BCUT2D eigenvalue weighted by Crippen LogP contribution is 2.60. The predicted molar refractivity (Wildman–Crippen MR) is 229 cm³/mol. The zero-order valence-electron chi connectivity index (χ0n) is 30.1. The molecule has 0 N–H and O–H groups in total. The van der Waals surface area contributed by atoms with E-state index >= 15 is 0 Å². The average Bonchev–Trinajstić information content (AvgIpc) is 3.92. The maximum atomic E-state index is 2.61. The fourth-order valence-electron chi connectivity index (χ4n) is 10.5. The summed E-state index contributed by atoms with van der Waals surface area (Å²) in [7, 11) is 0. The van der Waals surface area contributed by atoms with Crippen LogP contribution in [0.15, 0.2) is 176 Å². The summed E-state index contributed by atoms with van der Waals surface area (Å²) in [4.78, 5) is 0. The van der Waals surface area contributed by atoms with Crippen molar-refractivity contribution in [2.75, 3.05) is 0 Å². The lowest BCUT2D eigenvalue weighted by Gasteiger charge is -2.34. The van der Waals surface area contributed by atoms with Gasteiger partial charge in [0, 0.05) is 47.6 Å². The number of rotatable bonds is 3. The third-order valence-electron chi connectivity index (χ3n) is 12.6. The molecule has 0 fully saturated rings. The van der Waals surface area contributed by atoms with Crippen molar-refractivity contribution in [3.05, 3.63) is 209 Å². The molecule has 0 amide bonds. The number of nitrogens with zero attached hydrogens (tertiary/aromatic N) is 1. The van der Waals surface area contributed by atoms with E-state index in [1.165, 1.54) is 103 Å². The molecule has 0 unspecified atom stereocenters. The molecule has 0 spiro atoms. The molecule has 254 valence electrons. The molecule has 0 saturated heterocycles. The molecule has 0 radical (unpaired) electrons. The lowest BCUT2D eigenvalue weighted by Crippen LogP contribution is -2.28. The van der Waals surface area contributed by atoms with Gasteiger partial charge in [0.25, 0.3) is 0 Å². The SMILES string of the molecule is CC1(C)c2ccccc2-c2c1c1sc3ccccc3c1c1c3ccccc3n(-c3ccc4c(c3)C(c3ccccc3)(c3ccccc3)c3ccccc3-4)c21. The van der Waals surface area contributed by atoms with Crippen molar-refractivity contribution in [2.45, 2.75) is 24.7 Å². The second kappa shape index (κ2) is 10.7. The Morgan fingerprint density at radius 1 is 0.481 bits per heavy atom. The molecule has 0 aliphatic heterocycles. The molecular weight excluding hydrogens is 671 g/mol. The van der Waals surface area contributed by atoms with Crippen LogP contribution < -0.4 is 0 Å². The molecule has 2 aromatic heterocycles. The minimum atomic E-state index is -0.476. The van der Waals surface area contributed by atoms with Crippen LogP contribution in [0, 0.1) is 0 Å². The van der Waals surface area contributed by atoms with Crippen LogP contribution in [0.2, 0.25) is 0 Å². The second-order valence-electron chi connectivity index (χ2n) is 15.6. The van der Waals surface area contributed by atoms with Gasteiger partial charge in [-0.05, 0) is 74.3 Å². The van der Waals surface area contributed by atoms with Gasteiger partial charge in [-0.25, -0.2) is 0 Å². The molecule has 2 heterocycles. The molecule has 2 heteroatoms. The highest BCUT2D eigenvalue weighted by Gasteiger charge is 2.46. The van der Waals surface area contributed by atoms with Crippen molar-refractivity contribution in [1.29, 1.82) is 0 Å². The van der Waals surface area contributed by atoms with Gasteiger partial charge < -0.3 is 4.57 Å². The Kier molecular flexibility index (Phi) is 5.99. The van der Waals surface area contributed by atoms with Crippen LogP contribution in [0.3, 0.4) is 0 Å². The Balaban J connectivity index is 1.28. The molecule has 2 aliphatic carbocycles. The summed E-state index contributed by atoms with van der Waals surface area (Å²) in [5.41, 5.74) is 16.5. The first kappa shape index (κ1) is 30.3. The molecule has 2 aliphatic rings. The van der Waals surface area contributed by atoms with Crippen molar-refractivity contribution < 1.29 is 0 Å². The third-order valence-corrected chi connectivity index (χ3v) is 13.8. The summed E-state index contributed by atoms with van der Waals surface area (Å²) in [6, 6.07) is 65.9. The Morgan fingerprint density at radius 2 is 1.07 bits per heavy atom. The molecule has 0 bridgehead atoms. The average molecular weight is 706 g/mol. The van der Waals surface area contributed by atoms with Gasteiger partial charge in [0.1, 0.15) is 0 Å². The Morgan fingerprint density at radius 3 is 1.83 bits per heavy atom. The number of thiophene rings is 1. The number of para-hydroxylation sites is 1. The van der Waals surface area contributed by atoms with E-state index in [0.717, 1.165) is 0 Å². The van der Waals surface area contributed by atoms with E-state index in [0.29, 0.717) is 0 Å². The van der Waals surface area contributed by atoms with Crippen LogP contribution in [-0.2, 0) is 10.8 Å². The quantitative estimate of drug-likeness (QED) is 0.172. The Hall–Kier alpha value is -6.22. The number of benzene rings is 8. The maximum Gasteiger partial charge on any atom is 0.0714 e. The van der Waals surface area contributed by atoms with Gasteiger partial charge >= 0.3 is 0 Å². The summed E-state index contributed by atoms with van der Waals surface area (Å²) in [5.74, 6) is 0. The van der Waals surface area contributed by atoms with Crippen molar-refractivity contribution >= 4 is 53.3 Å². The van der Waals surface area contributed by atoms with E-state index in [4.69, 9.17) is 0 Å². The highest BCUT2D eigenvalue weighted by atomic mass is 32.1. The van der Waals surface area contributed by atoms with Crippen LogP contribution in [0.5, 0.6) is 0 Å².